The summed E-state index contributed by atoms with van der Waals surface area (Å²) in [6.07, 6.45) is -0.951. The number of nitrogens with one attached hydrogen (secondary N) is 1. The van der Waals surface area contributed by atoms with Crippen LogP contribution in [0.3, 0.4) is 0 Å². The average Bonchev–Trinajstić information content (AvgIpc) is 3.28. The van der Waals surface area contributed by atoms with Crippen molar-refractivity contribution in [3.63, 3.8) is 0 Å². The molecule has 3 aromatic rings. The van der Waals surface area contributed by atoms with Crippen molar-refractivity contribution >= 4 is 34.8 Å². The van der Waals surface area contributed by atoms with Crippen LogP contribution < -0.4 is 5.32 Å². The van der Waals surface area contributed by atoms with E-state index in [9.17, 15) is 9.59 Å². The summed E-state index contributed by atoms with van der Waals surface area (Å²) in [6, 6.07) is 13.1. The highest BCUT2D eigenvalue weighted by Crippen LogP contribution is 2.24. The molecule has 0 saturated carbocycles. The predicted molar refractivity (Wildman–Crippen MR) is 104 cm³/mol. The summed E-state index contributed by atoms with van der Waals surface area (Å²) in [5.41, 5.74) is 1.31. The van der Waals surface area contributed by atoms with E-state index in [0.717, 1.165) is 10.6 Å². The number of thiophene rings is 1. The summed E-state index contributed by atoms with van der Waals surface area (Å²) in [6.45, 7) is 3.58. The monoisotopic (exact) mass is 403 g/mol. The number of halogens is 1. The molecular weight excluding hydrogens is 386 g/mol. The van der Waals surface area contributed by atoms with E-state index in [0.29, 0.717) is 12.2 Å². The number of benzene rings is 1. The fraction of sp³-hybridized carbons (Fsp3) is 0.211. The van der Waals surface area contributed by atoms with Crippen molar-refractivity contribution in [2.24, 2.45) is 0 Å². The van der Waals surface area contributed by atoms with E-state index in [2.05, 4.69) is 10.4 Å². The number of hydrogen-bond acceptors (Lipinski definition) is 5. The highest BCUT2D eigenvalue weighted by Gasteiger charge is 2.26. The third kappa shape index (κ3) is 4.37. The first-order valence-electron chi connectivity index (χ1n) is 8.29. The minimum Gasteiger partial charge on any atom is -0.449 e. The van der Waals surface area contributed by atoms with E-state index < -0.39 is 12.1 Å². The maximum absolute atomic E-state index is 12.5. The number of rotatable bonds is 6. The molecule has 1 amide bonds. The van der Waals surface area contributed by atoms with Crippen molar-refractivity contribution in [1.82, 2.24) is 15.1 Å². The number of carbonyl (C=O) groups is 2. The molecule has 0 radical (unpaired) electrons. The van der Waals surface area contributed by atoms with Crippen molar-refractivity contribution in [1.29, 1.82) is 0 Å². The Kier molecular flexibility index (Phi) is 5.93. The van der Waals surface area contributed by atoms with Gasteiger partial charge in [-0.1, -0.05) is 35.9 Å². The van der Waals surface area contributed by atoms with Gasteiger partial charge in [-0.3, -0.25) is 4.79 Å². The van der Waals surface area contributed by atoms with Crippen LogP contribution in [0.15, 0.2) is 47.8 Å². The number of nitrogens with zero attached hydrogens (tertiary/aromatic N) is 2. The lowest BCUT2D eigenvalue weighted by molar-refractivity contribution is -0.129. The summed E-state index contributed by atoms with van der Waals surface area (Å²) < 4.78 is 6.76. The molecule has 140 valence electrons. The Labute approximate surface area is 165 Å². The average molecular weight is 404 g/mol. The van der Waals surface area contributed by atoms with Crippen molar-refractivity contribution in [2.45, 2.75) is 26.5 Å². The number of ether oxygens (including phenoxy) is 1. The van der Waals surface area contributed by atoms with Crippen LogP contribution in [0.4, 0.5) is 0 Å². The zero-order valence-electron chi connectivity index (χ0n) is 14.8. The molecule has 2 aromatic heterocycles. The quantitative estimate of drug-likeness (QED) is 0.636. The van der Waals surface area contributed by atoms with Gasteiger partial charge in [0.2, 0.25) is 0 Å². The van der Waals surface area contributed by atoms with Gasteiger partial charge in [-0.2, -0.15) is 5.10 Å². The molecule has 8 heteroatoms. The van der Waals surface area contributed by atoms with Crippen LogP contribution in [0.25, 0.3) is 5.69 Å². The number of para-hydroxylation sites is 1. The second-order valence-electron chi connectivity index (χ2n) is 5.84. The fourth-order valence-electron chi connectivity index (χ4n) is 2.48. The normalized spacial score (nSPS) is 11.8. The molecule has 1 N–H and O–H groups in total. The van der Waals surface area contributed by atoms with Crippen LogP contribution in [0, 0.1) is 6.92 Å². The minimum absolute atomic E-state index is 0.148. The van der Waals surface area contributed by atoms with Crippen LogP contribution in [-0.4, -0.2) is 27.8 Å². The van der Waals surface area contributed by atoms with Gasteiger partial charge in [-0.15, -0.1) is 11.3 Å². The maximum Gasteiger partial charge on any atom is 0.344 e. The number of aryl methyl sites for hydroxylation is 1. The maximum atomic E-state index is 12.5. The zero-order chi connectivity index (χ0) is 19.4. The Hall–Kier alpha value is -2.64. The molecule has 0 bridgehead atoms. The molecule has 0 aliphatic carbocycles. The summed E-state index contributed by atoms with van der Waals surface area (Å²) in [5.74, 6) is -1.06. The molecule has 1 atom stereocenters. The smallest absolute Gasteiger partial charge is 0.344 e. The molecular formula is C19H18ClN3O3S. The standard InChI is InChI=1S/C19H18ClN3O3S/c1-12-16(17(20)23(22-12)14-7-4-3-5-8-14)19(25)26-13(2)18(24)21-11-15-9-6-10-27-15/h3-10,13H,11H2,1-2H3,(H,21,24)/t13-/m0/s1. The van der Waals surface area contributed by atoms with Gasteiger partial charge in [0.1, 0.15) is 10.7 Å². The first kappa shape index (κ1) is 19.1. The molecule has 0 aliphatic heterocycles. The first-order valence-corrected chi connectivity index (χ1v) is 9.54. The molecule has 1 aromatic carbocycles. The predicted octanol–water partition coefficient (Wildman–Crippen LogP) is 3.76. The van der Waals surface area contributed by atoms with Crippen LogP contribution in [-0.2, 0) is 16.1 Å². The van der Waals surface area contributed by atoms with Gasteiger partial charge in [0, 0.05) is 4.88 Å². The second kappa shape index (κ2) is 8.37. The fourth-order valence-corrected chi connectivity index (χ4v) is 3.47. The van der Waals surface area contributed by atoms with Gasteiger partial charge >= 0.3 is 5.97 Å². The Balaban J connectivity index is 1.68. The molecule has 0 saturated heterocycles. The molecule has 0 unspecified atom stereocenters. The lowest BCUT2D eigenvalue weighted by atomic mass is 10.2. The van der Waals surface area contributed by atoms with Gasteiger partial charge in [-0.05, 0) is 37.4 Å². The minimum atomic E-state index is -0.951. The molecule has 0 fully saturated rings. The summed E-state index contributed by atoms with van der Waals surface area (Å²) >= 11 is 7.89. The zero-order valence-corrected chi connectivity index (χ0v) is 16.4. The molecule has 0 spiro atoms. The lowest BCUT2D eigenvalue weighted by Gasteiger charge is -2.13. The molecule has 27 heavy (non-hydrogen) atoms. The lowest BCUT2D eigenvalue weighted by Crippen LogP contribution is -2.35. The third-order valence-corrected chi connectivity index (χ3v) is 5.10. The van der Waals surface area contributed by atoms with Crippen molar-refractivity contribution in [3.05, 3.63) is 69.1 Å². The Morgan fingerprint density at radius 2 is 2.00 bits per heavy atom. The van der Waals surface area contributed by atoms with Gasteiger partial charge in [0.05, 0.1) is 17.9 Å². The first-order chi connectivity index (χ1) is 13.0. The van der Waals surface area contributed by atoms with E-state index in [1.807, 2.05) is 47.8 Å². The highest BCUT2D eigenvalue weighted by atomic mass is 35.5. The van der Waals surface area contributed by atoms with Crippen LogP contribution in [0.2, 0.25) is 5.15 Å². The largest absolute Gasteiger partial charge is 0.449 e. The second-order valence-corrected chi connectivity index (χ2v) is 7.23. The summed E-state index contributed by atoms with van der Waals surface area (Å²) in [4.78, 5) is 25.7. The summed E-state index contributed by atoms with van der Waals surface area (Å²) in [7, 11) is 0. The van der Waals surface area contributed by atoms with E-state index >= 15 is 0 Å². The van der Waals surface area contributed by atoms with Gasteiger partial charge < -0.3 is 10.1 Å². The van der Waals surface area contributed by atoms with Crippen molar-refractivity contribution in [3.8, 4) is 5.69 Å². The Bertz CT molecular complexity index is 939. The topological polar surface area (TPSA) is 73.2 Å². The number of aromatic nitrogens is 2. The number of carbonyl (C=O) groups excluding carboxylic acids is 2. The molecule has 0 aliphatic rings. The summed E-state index contributed by atoms with van der Waals surface area (Å²) in [5, 5.41) is 9.13. The van der Waals surface area contributed by atoms with Crippen LogP contribution in [0.5, 0.6) is 0 Å². The van der Waals surface area contributed by atoms with Crippen LogP contribution in [0.1, 0.15) is 27.9 Å². The molecule has 3 rings (SSSR count). The van der Waals surface area contributed by atoms with Gasteiger partial charge in [0.15, 0.2) is 6.10 Å². The number of hydrogen-bond donors (Lipinski definition) is 1. The van der Waals surface area contributed by atoms with Crippen molar-refractivity contribution < 1.29 is 14.3 Å². The van der Waals surface area contributed by atoms with Gasteiger partial charge in [-0.25, -0.2) is 9.48 Å². The molecule has 2 heterocycles. The Morgan fingerprint density at radius 1 is 1.26 bits per heavy atom. The van der Waals surface area contributed by atoms with Crippen molar-refractivity contribution in [2.75, 3.05) is 0 Å². The number of esters is 1. The highest BCUT2D eigenvalue weighted by molar-refractivity contribution is 7.09. The van der Waals surface area contributed by atoms with E-state index in [1.165, 1.54) is 11.6 Å². The van der Waals surface area contributed by atoms with E-state index in [-0.39, 0.29) is 16.6 Å². The molecule has 6 nitrogen and oxygen atoms in total. The van der Waals surface area contributed by atoms with Crippen LogP contribution >= 0.6 is 22.9 Å². The van der Waals surface area contributed by atoms with Gasteiger partial charge in [0.25, 0.3) is 5.91 Å². The Morgan fingerprint density at radius 3 is 2.67 bits per heavy atom. The number of amides is 1. The van der Waals surface area contributed by atoms with E-state index in [1.54, 1.807) is 18.3 Å². The van der Waals surface area contributed by atoms with E-state index in [4.69, 9.17) is 16.3 Å². The SMILES string of the molecule is Cc1nn(-c2ccccc2)c(Cl)c1C(=O)O[C@@H](C)C(=O)NCc1cccs1. The third-order valence-electron chi connectivity index (χ3n) is 3.88.